The SMILES string of the molecule is Cc1nc(Nc2ccccc2)sc1C=CC(=O)N(C)C. The van der Waals surface area contributed by atoms with E-state index in [1.165, 1.54) is 16.2 Å². The van der Waals surface area contributed by atoms with Gasteiger partial charge in [-0.1, -0.05) is 29.5 Å². The fraction of sp³-hybridized carbons (Fsp3) is 0.200. The molecular weight excluding hydrogens is 270 g/mol. The van der Waals surface area contributed by atoms with Gasteiger partial charge in [-0.05, 0) is 25.1 Å². The van der Waals surface area contributed by atoms with Gasteiger partial charge in [0.05, 0.1) is 10.6 Å². The molecule has 0 unspecified atom stereocenters. The number of thiazole rings is 1. The predicted octanol–water partition coefficient (Wildman–Crippen LogP) is 3.30. The molecule has 1 heterocycles. The molecule has 0 radical (unpaired) electrons. The van der Waals surface area contributed by atoms with Crippen LogP contribution in [-0.2, 0) is 4.79 Å². The van der Waals surface area contributed by atoms with E-state index in [1.807, 2.05) is 43.3 Å². The van der Waals surface area contributed by atoms with Crippen molar-refractivity contribution < 1.29 is 4.79 Å². The summed E-state index contributed by atoms with van der Waals surface area (Å²) in [5.74, 6) is -0.0321. The summed E-state index contributed by atoms with van der Waals surface area (Å²) in [7, 11) is 3.46. The van der Waals surface area contributed by atoms with E-state index in [-0.39, 0.29) is 5.91 Å². The Balaban J connectivity index is 2.12. The molecule has 104 valence electrons. The van der Waals surface area contributed by atoms with E-state index >= 15 is 0 Å². The van der Waals surface area contributed by atoms with E-state index in [0.717, 1.165) is 21.4 Å². The number of carbonyl (C=O) groups excluding carboxylic acids is 1. The molecular formula is C15H17N3OS. The third kappa shape index (κ3) is 3.68. The Hall–Kier alpha value is -2.14. The minimum absolute atomic E-state index is 0.0321. The first-order valence-electron chi connectivity index (χ1n) is 6.25. The van der Waals surface area contributed by atoms with Crippen molar-refractivity contribution in [2.75, 3.05) is 19.4 Å². The third-order valence-corrected chi connectivity index (χ3v) is 3.71. The first kappa shape index (κ1) is 14.3. The molecule has 0 aliphatic rings. The highest BCUT2D eigenvalue weighted by Crippen LogP contribution is 2.26. The standard InChI is InChI=1S/C15H17N3OS/c1-11-13(9-10-14(19)18(2)3)20-15(16-11)17-12-7-5-4-6-8-12/h4-10H,1-3H3,(H,16,17). The van der Waals surface area contributed by atoms with Gasteiger partial charge >= 0.3 is 0 Å². The van der Waals surface area contributed by atoms with Crippen LogP contribution < -0.4 is 5.32 Å². The van der Waals surface area contributed by atoms with Crippen molar-refractivity contribution in [2.24, 2.45) is 0 Å². The van der Waals surface area contributed by atoms with Crippen molar-refractivity contribution in [3.8, 4) is 0 Å². The quantitative estimate of drug-likeness (QED) is 0.878. The number of aryl methyl sites for hydroxylation is 1. The van der Waals surface area contributed by atoms with Crippen LogP contribution in [0.3, 0.4) is 0 Å². The minimum Gasteiger partial charge on any atom is -0.345 e. The molecule has 0 bridgehead atoms. The molecule has 1 amide bonds. The molecule has 0 fully saturated rings. The molecule has 0 atom stereocenters. The lowest BCUT2D eigenvalue weighted by Gasteiger charge is -2.04. The van der Waals surface area contributed by atoms with Gasteiger partial charge in [0.2, 0.25) is 5.91 Å². The Kier molecular flexibility index (Phi) is 4.53. The fourth-order valence-electron chi connectivity index (χ4n) is 1.56. The molecule has 0 saturated carbocycles. The number of rotatable bonds is 4. The van der Waals surface area contributed by atoms with Crippen LogP contribution in [0.15, 0.2) is 36.4 Å². The largest absolute Gasteiger partial charge is 0.345 e. The van der Waals surface area contributed by atoms with Crippen molar-refractivity contribution in [3.05, 3.63) is 47.0 Å². The summed E-state index contributed by atoms with van der Waals surface area (Å²) in [5.41, 5.74) is 1.91. The number of hydrogen-bond donors (Lipinski definition) is 1. The monoisotopic (exact) mass is 287 g/mol. The number of para-hydroxylation sites is 1. The third-order valence-electron chi connectivity index (χ3n) is 2.68. The maximum atomic E-state index is 11.5. The fourth-order valence-corrected chi connectivity index (χ4v) is 2.45. The number of nitrogens with one attached hydrogen (secondary N) is 1. The minimum atomic E-state index is -0.0321. The van der Waals surface area contributed by atoms with Crippen LogP contribution in [0.25, 0.3) is 6.08 Å². The molecule has 4 nitrogen and oxygen atoms in total. The second kappa shape index (κ2) is 6.34. The zero-order chi connectivity index (χ0) is 14.5. The molecule has 2 aromatic rings. The van der Waals surface area contributed by atoms with Gasteiger partial charge < -0.3 is 10.2 Å². The number of nitrogens with zero attached hydrogens (tertiary/aromatic N) is 2. The van der Waals surface area contributed by atoms with Crippen molar-refractivity contribution in [3.63, 3.8) is 0 Å². The van der Waals surface area contributed by atoms with Crippen molar-refractivity contribution >= 4 is 34.1 Å². The number of benzene rings is 1. The highest BCUT2D eigenvalue weighted by Gasteiger charge is 2.06. The Morgan fingerprint density at radius 1 is 1.30 bits per heavy atom. The summed E-state index contributed by atoms with van der Waals surface area (Å²) < 4.78 is 0. The number of likely N-dealkylation sites (N-methyl/N-ethyl adjacent to an activating group) is 1. The van der Waals surface area contributed by atoms with Gasteiger partial charge in [0.1, 0.15) is 0 Å². The van der Waals surface area contributed by atoms with Gasteiger partial charge in [-0.3, -0.25) is 4.79 Å². The van der Waals surface area contributed by atoms with Crippen LogP contribution in [0.5, 0.6) is 0 Å². The van der Waals surface area contributed by atoms with E-state index in [2.05, 4.69) is 10.3 Å². The average Bonchev–Trinajstić information content (AvgIpc) is 2.77. The molecule has 0 aliphatic heterocycles. The van der Waals surface area contributed by atoms with Crippen LogP contribution in [0.2, 0.25) is 0 Å². The first-order chi connectivity index (χ1) is 9.56. The van der Waals surface area contributed by atoms with Gasteiger partial charge in [0.25, 0.3) is 0 Å². The molecule has 1 N–H and O–H groups in total. The molecule has 1 aromatic heterocycles. The highest BCUT2D eigenvalue weighted by molar-refractivity contribution is 7.16. The Morgan fingerprint density at radius 2 is 2.00 bits per heavy atom. The van der Waals surface area contributed by atoms with Crippen molar-refractivity contribution in [1.82, 2.24) is 9.88 Å². The zero-order valence-corrected chi connectivity index (χ0v) is 12.6. The number of carbonyl (C=O) groups is 1. The van der Waals surface area contributed by atoms with Crippen LogP contribution in [0.4, 0.5) is 10.8 Å². The maximum Gasteiger partial charge on any atom is 0.246 e. The van der Waals surface area contributed by atoms with Gasteiger partial charge in [-0.15, -0.1) is 0 Å². The summed E-state index contributed by atoms with van der Waals surface area (Å²) >= 11 is 1.53. The number of hydrogen-bond acceptors (Lipinski definition) is 4. The van der Waals surface area contributed by atoms with Gasteiger partial charge in [-0.2, -0.15) is 0 Å². The summed E-state index contributed by atoms with van der Waals surface area (Å²) in [6, 6.07) is 9.89. The lowest BCUT2D eigenvalue weighted by molar-refractivity contribution is -0.123. The molecule has 0 aliphatic carbocycles. The summed E-state index contributed by atoms with van der Waals surface area (Å²) in [6.07, 6.45) is 3.37. The molecule has 0 saturated heterocycles. The van der Waals surface area contributed by atoms with Crippen molar-refractivity contribution in [2.45, 2.75) is 6.92 Å². The lowest BCUT2D eigenvalue weighted by Crippen LogP contribution is -2.18. The Labute approximate surface area is 122 Å². The Morgan fingerprint density at radius 3 is 2.65 bits per heavy atom. The van der Waals surface area contributed by atoms with Crippen LogP contribution in [0, 0.1) is 6.92 Å². The molecule has 5 heteroatoms. The summed E-state index contributed by atoms with van der Waals surface area (Å²) in [4.78, 5) is 18.5. The van der Waals surface area contributed by atoms with Crippen LogP contribution in [0.1, 0.15) is 10.6 Å². The average molecular weight is 287 g/mol. The first-order valence-corrected chi connectivity index (χ1v) is 7.07. The molecule has 2 rings (SSSR count). The number of aromatic nitrogens is 1. The van der Waals surface area contributed by atoms with E-state index in [0.29, 0.717) is 0 Å². The van der Waals surface area contributed by atoms with E-state index in [9.17, 15) is 4.79 Å². The second-order valence-electron chi connectivity index (χ2n) is 4.53. The maximum absolute atomic E-state index is 11.5. The highest BCUT2D eigenvalue weighted by atomic mass is 32.1. The van der Waals surface area contributed by atoms with E-state index in [4.69, 9.17) is 0 Å². The summed E-state index contributed by atoms with van der Waals surface area (Å²) in [5, 5.41) is 4.08. The molecule has 20 heavy (non-hydrogen) atoms. The smallest absolute Gasteiger partial charge is 0.246 e. The van der Waals surface area contributed by atoms with E-state index < -0.39 is 0 Å². The Bertz CT molecular complexity index is 617. The topological polar surface area (TPSA) is 45.2 Å². The van der Waals surface area contributed by atoms with Crippen LogP contribution >= 0.6 is 11.3 Å². The molecule has 0 spiro atoms. The van der Waals surface area contributed by atoms with Gasteiger partial charge in [0.15, 0.2) is 5.13 Å². The summed E-state index contributed by atoms with van der Waals surface area (Å²) in [6.45, 7) is 1.94. The van der Waals surface area contributed by atoms with Gasteiger partial charge in [0, 0.05) is 25.9 Å². The second-order valence-corrected chi connectivity index (χ2v) is 5.56. The predicted molar refractivity (Wildman–Crippen MR) is 84.3 cm³/mol. The van der Waals surface area contributed by atoms with Gasteiger partial charge in [-0.25, -0.2) is 4.98 Å². The normalized spacial score (nSPS) is 10.8. The lowest BCUT2D eigenvalue weighted by atomic mass is 10.3. The number of amides is 1. The zero-order valence-electron chi connectivity index (χ0n) is 11.8. The van der Waals surface area contributed by atoms with Crippen LogP contribution in [-0.4, -0.2) is 29.9 Å². The van der Waals surface area contributed by atoms with E-state index in [1.54, 1.807) is 20.2 Å². The molecule has 1 aromatic carbocycles. The van der Waals surface area contributed by atoms with Crippen molar-refractivity contribution in [1.29, 1.82) is 0 Å². The number of anilines is 2.